The molecule has 3 N–H and O–H groups in total. The van der Waals surface area contributed by atoms with Gasteiger partial charge in [0, 0.05) is 34.8 Å². The van der Waals surface area contributed by atoms with Crippen molar-refractivity contribution in [2.24, 2.45) is 5.73 Å². The number of hydrogen-bond acceptors (Lipinski definition) is 5. The second kappa shape index (κ2) is 8.97. The van der Waals surface area contributed by atoms with Crippen LogP contribution in [-0.2, 0) is 10.3 Å². The zero-order chi connectivity index (χ0) is 23.8. The number of fused-ring (bicyclic) bond motifs is 1. The van der Waals surface area contributed by atoms with Crippen molar-refractivity contribution in [1.82, 2.24) is 15.1 Å². The molecule has 7 heteroatoms. The molecule has 33 heavy (non-hydrogen) atoms. The fourth-order valence-corrected chi connectivity index (χ4v) is 5.62. The summed E-state index contributed by atoms with van der Waals surface area (Å²) in [6.45, 7) is 6.10. The van der Waals surface area contributed by atoms with Crippen LogP contribution in [0.4, 0.5) is 0 Å². The summed E-state index contributed by atoms with van der Waals surface area (Å²) in [5.74, 6) is -0.558. The van der Waals surface area contributed by atoms with Gasteiger partial charge >= 0.3 is 0 Å². The molecular formula is C26H29N5OS. The Labute approximate surface area is 198 Å². The van der Waals surface area contributed by atoms with Crippen molar-refractivity contribution in [1.29, 1.82) is 5.26 Å². The molecule has 1 aliphatic carbocycles. The number of benzene rings is 1. The van der Waals surface area contributed by atoms with E-state index in [1.165, 1.54) is 0 Å². The lowest BCUT2D eigenvalue weighted by Gasteiger charge is -2.32. The molecule has 1 aliphatic rings. The average molecular weight is 460 g/mol. The lowest BCUT2D eigenvalue weighted by atomic mass is 9.78. The van der Waals surface area contributed by atoms with Crippen LogP contribution >= 0.6 is 11.3 Å². The minimum Gasteiger partial charge on any atom is -0.359 e. The number of carbonyl (C=O) groups is 1. The number of nitrogens with one attached hydrogen (secondary N) is 1. The molecule has 2 aromatic heterocycles. The van der Waals surface area contributed by atoms with Gasteiger partial charge in [-0.3, -0.25) is 9.48 Å². The predicted molar refractivity (Wildman–Crippen MR) is 133 cm³/mol. The smallest absolute Gasteiger partial charge is 0.229 e. The van der Waals surface area contributed by atoms with E-state index in [1.54, 1.807) is 18.4 Å². The Morgan fingerprint density at radius 2 is 2.18 bits per heavy atom. The van der Waals surface area contributed by atoms with Gasteiger partial charge in [-0.05, 0) is 68.0 Å². The highest BCUT2D eigenvalue weighted by atomic mass is 32.1. The number of hydrogen-bond donors (Lipinski definition) is 2. The van der Waals surface area contributed by atoms with Crippen LogP contribution in [-0.4, -0.2) is 22.7 Å². The van der Waals surface area contributed by atoms with E-state index in [2.05, 4.69) is 47.9 Å². The average Bonchev–Trinajstić information content (AvgIpc) is 3.47. The molecule has 2 heterocycles. The van der Waals surface area contributed by atoms with E-state index in [0.29, 0.717) is 6.42 Å². The first kappa shape index (κ1) is 23.0. The number of carbonyl (C=O) groups excluding carboxylic acids is 1. The summed E-state index contributed by atoms with van der Waals surface area (Å²) in [6, 6.07) is 10.6. The number of nitrogens with two attached hydrogens (primary N) is 1. The van der Waals surface area contributed by atoms with Gasteiger partial charge in [0.2, 0.25) is 5.91 Å². The third-order valence-electron chi connectivity index (χ3n) is 6.35. The first-order valence-corrected chi connectivity index (χ1v) is 12.0. The molecule has 170 valence electrons. The third kappa shape index (κ3) is 4.24. The molecule has 6 nitrogen and oxygen atoms in total. The second-order valence-electron chi connectivity index (χ2n) is 9.07. The molecule has 0 bridgehead atoms. The van der Waals surface area contributed by atoms with Crippen molar-refractivity contribution in [2.45, 2.75) is 50.6 Å². The molecule has 4 rings (SSSR count). The Morgan fingerprint density at radius 3 is 2.88 bits per heavy atom. The van der Waals surface area contributed by atoms with Gasteiger partial charge in [-0.25, -0.2) is 0 Å². The Morgan fingerprint density at radius 1 is 1.39 bits per heavy atom. The van der Waals surface area contributed by atoms with E-state index >= 15 is 0 Å². The topological polar surface area (TPSA) is 96.7 Å². The minimum absolute atomic E-state index is 0.127. The summed E-state index contributed by atoms with van der Waals surface area (Å²) in [5, 5.41) is 19.6. The third-order valence-corrected chi connectivity index (χ3v) is 7.56. The van der Waals surface area contributed by atoms with Gasteiger partial charge in [-0.2, -0.15) is 10.4 Å². The van der Waals surface area contributed by atoms with Crippen LogP contribution in [0.15, 0.2) is 59.6 Å². The normalized spacial score (nSPS) is 18.6. The highest BCUT2D eigenvalue weighted by Crippen LogP contribution is 2.41. The number of thiophene rings is 1. The number of amides is 1. The van der Waals surface area contributed by atoms with E-state index in [-0.39, 0.29) is 17.9 Å². The number of rotatable bonds is 6. The van der Waals surface area contributed by atoms with Crippen molar-refractivity contribution in [3.05, 3.63) is 75.6 Å². The van der Waals surface area contributed by atoms with Gasteiger partial charge in [0.1, 0.15) is 0 Å². The summed E-state index contributed by atoms with van der Waals surface area (Å²) < 4.78 is 1.98. The van der Waals surface area contributed by atoms with Crippen LogP contribution in [0.5, 0.6) is 0 Å². The molecule has 1 unspecified atom stereocenters. The molecule has 0 spiro atoms. The van der Waals surface area contributed by atoms with Gasteiger partial charge in [-0.1, -0.05) is 18.2 Å². The van der Waals surface area contributed by atoms with Crippen LogP contribution in [0.3, 0.4) is 0 Å². The van der Waals surface area contributed by atoms with Crippen molar-refractivity contribution in [2.75, 3.05) is 7.05 Å². The zero-order valence-electron chi connectivity index (χ0n) is 19.4. The predicted octanol–water partition coefficient (Wildman–Crippen LogP) is 4.88. The Balaban J connectivity index is 1.71. The molecule has 3 aromatic rings. The van der Waals surface area contributed by atoms with E-state index in [9.17, 15) is 10.1 Å². The van der Waals surface area contributed by atoms with Crippen LogP contribution in [0.2, 0.25) is 0 Å². The van der Waals surface area contributed by atoms with E-state index in [1.807, 2.05) is 48.2 Å². The summed E-state index contributed by atoms with van der Waals surface area (Å²) in [5.41, 5.74) is 9.79. The minimum atomic E-state index is -0.920. The molecule has 0 saturated carbocycles. The largest absolute Gasteiger partial charge is 0.359 e. The lowest BCUT2D eigenvalue weighted by molar-refractivity contribution is -0.123. The SMILES string of the molecule is CNC(=O)[C@@H](c1ccc2c(cnn2C(C)C)c1)[C@](C)(N)c1cc(C2C=CC=C(C#N)C2)cs1. The summed E-state index contributed by atoms with van der Waals surface area (Å²) >= 11 is 1.56. The van der Waals surface area contributed by atoms with E-state index < -0.39 is 11.5 Å². The molecule has 1 amide bonds. The van der Waals surface area contributed by atoms with Gasteiger partial charge in [0.15, 0.2) is 0 Å². The van der Waals surface area contributed by atoms with Crippen molar-refractivity contribution < 1.29 is 4.79 Å². The maximum Gasteiger partial charge on any atom is 0.229 e. The van der Waals surface area contributed by atoms with Crippen LogP contribution in [0.25, 0.3) is 10.9 Å². The number of allylic oxidation sites excluding steroid dienone is 4. The van der Waals surface area contributed by atoms with Crippen LogP contribution in [0.1, 0.15) is 61.1 Å². The van der Waals surface area contributed by atoms with Gasteiger partial charge in [-0.15, -0.1) is 11.3 Å². The first-order chi connectivity index (χ1) is 15.8. The zero-order valence-corrected chi connectivity index (χ0v) is 20.2. The van der Waals surface area contributed by atoms with Crippen LogP contribution < -0.4 is 11.1 Å². The monoisotopic (exact) mass is 459 g/mol. The quantitative estimate of drug-likeness (QED) is 0.549. The summed E-state index contributed by atoms with van der Waals surface area (Å²) in [7, 11) is 1.64. The second-order valence-corrected chi connectivity index (χ2v) is 9.99. The summed E-state index contributed by atoms with van der Waals surface area (Å²) in [4.78, 5) is 14.0. The molecule has 0 radical (unpaired) electrons. The van der Waals surface area contributed by atoms with Crippen molar-refractivity contribution in [3.8, 4) is 6.07 Å². The number of nitriles is 1. The van der Waals surface area contributed by atoms with E-state index in [0.717, 1.165) is 32.5 Å². The molecule has 0 aliphatic heterocycles. The van der Waals surface area contributed by atoms with Gasteiger partial charge in [0.25, 0.3) is 0 Å². The standard InChI is InChI=1S/C26H29N5OS/c1-16(2)31-22-9-8-19(11-20(22)14-30-31)24(25(32)29-4)26(3,28)23-12-21(15-33-23)18-7-5-6-17(10-18)13-27/h5-9,11-12,14-16,18,24H,10,28H2,1-4H3,(H,29,32)/t18?,24-,26-/m1/s1. The molecule has 1 aromatic carbocycles. The molecular weight excluding hydrogens is 430 g/mol. The fraction of sp³-hybridized carbons (Fsp3) is 0.346. The van der Waals surface area contributed by atoms with E-state index in [4.69, 9.17) is 5.73 Å². The highest BCUT2D eigenvalue weighted by Gasteiger charge is 2.40. The van der Waals surface area contributed by atoms with Crippen LogP contribution in [0, 0.1) is 11.3 Å². The number of aromatic nitrogens is 2. The maximum atomic E-state index is 13.1. The molecule has 0 saturated heterocycles. The Hall–Kier alpha value is -3.21. The molecule has 0 fully saturated rings. The van der Waals surface area contributed by atoms with Gasteiger partial charge in [0.05, 0.1) is 29.2 Å². The maximum absolute atomic E-state index is 13.1. The first-order valence-electron chi connectivity index (χ1n) is 11.1. The number of nitrogens with zero attached hydrogens (tertiary/aromatic N) is 3. The van der Waals surface area contributed by atoms with Gasteiger partial charge < -0.3 is 11.1 Å². The highest BCUT2D eigenvalue weighted by molar-refractivity contribution is 7.10. The summed E-state index contributed by atoms with van der Waals surface area (Å²) in [6.07, 6.45) is 8.42. The molecule has 3 atom stereocenters. The Bertz CT molecular complexity index is 1290. The number of likely N-dealkylation sites (N-methyl/N-ethyl adjacent to an activating group) is 1. The van der Waals surface area contributed by atoms with Crippen molar-refractivity contribution in [3.63, 3.8) is 0 Å². The Kier molecular flexibility index (Phi) is 6.24. The fourth-order valence-electron chi connectivity index (χ4n) is 4.54. The lowest BCUT2D eigenvalue weighted by Crippen LogP contribution is -2.46. The van der Waals surface area contributed by atoms with Crippen molar-refractivity contribution >= 4 is 28.1 Å².